The average molecular weight is 376 g/mol. The lowest BCUT2D eigenvalue weighted by atomic mass is 10.1. The van der Waals surface area contributed by atoms with Crippen molar-refractivity contribution in [3.8, 4) is 5.75 Å². The normalized spacial score (nSPS) is 11.4. The standard InChI is InChI=1S/C19H22ClN3O3/c1-4-15(12-6-5-7-14(20)10-12)22-19(25)23-16-11-13(18(24)21-2)8-9-17(16)26-3/h5-11,15H,4H2,1-3H3,(H,21,24)(H2,22,23,25). The van der Waals surface area contributed by atoms with E-state index >= 15 is 0 Å². The van der Waals surface area contributed by atoms with Crippen LogP contribution < -0.4 is 20.7 Å². The molecular formula is C19H22ClN3O3. The number of halogens is 1. The van der Waals surface area contributed by atoms with Gasteiger partial charge in [0.2, 0.25) is 0 Å². The van der Waals surface area contributed by atoms with E-state index in [4.69, 9.17) is 16.3 Å². The number of methoxy groups -OCH3 is 1. The van der Waals surface area contributed by atoms with Gasteiger partial charge in [-0.25, -0.2) is 4.79 Å². The first-order chi connectivity index (χ1) is 12.5. The maximum Gasteiger partial charge on any atom is 0.319 e. The third-order valence-electron chi connectivity index (χ3n) is 3.90. The number of carbonyl (C=O) groups is 2. The molecule has 0 aliphatic heterocycles. The molecule has 138 valence electrons. The van der Waals surface area contributed by atoms with E-state index in [0.717, 1.165) is 5.56 Å². The van der Waals surface area contributed by atoms with Crippen LogP contribution in [0.5, 0.6) is 5.75 Å². The molecule has 0 aliphatic carbocycles. The second kappa shape index (κ2) is 9.10. The maximum atomic E-state index is 12.4. The summed E-state index contributed by atoms with van der Waals surface area (Å²) in [7, 11) is 3.04. The van der Waals surface area contributed by atoms with Gasteiger partial charge in [-0.1, -0.05) is 30.7 Å². The Morgan fingerprint density at radius 2 is 1.96 bits per heavy atom. The highest BCUT2D eigenvalue weighted by atomic mass is 35.5. The van der Waals surface area contributed by atoms with Gasteiger partial charge < -0.3 is 20.7 Å². The van der Waals surface area contributed by atoms with Crippen molar-refractivity contribution in [2.24, 2.45) is 0 Å². The summed E-state index contributed by atoms with van der Waals surface area (Å²) in [6, 6.07) is 11.6. The zero-order chi connectivity index (χ0) is 19.1. The van der Waals surface area contributed by atoms with Crippen molar-refractivity contribution in [2.45, 2.75) is 19.4 Å². The van der Waals surface area contributed by atoms with Gasteiger partial charge in [-0.2, -0.15) is 0 Å². The second-order valence-electron chi connectivity index (χ2n) is 5.61. The SMILES string of the molecule is CCC(NC(=O)Nc1cc(C(=O)NC)ccc1OC)c1cccc(Cl)c1. The van der Waals surface area contributed by atoms with E-state index in [-0.39, 0.29) is 11.9 Å². The van der Waals surface area contributed by atoms with E-state index in [2.05, 4.69) is 16.0 Å². The zero-order valence-corrected chi connectivity index (χ0v) is 15.7. The Bertz CT molecular complexity index is 795. The highest BCUT2D eigenvalue weighted by molar-refractivity contribution is 6.30. The lowest BCUT2D eigenvalue weighted by Gasteiger charge is -2.19. The molecule has 0 saturated carbocycles. The minimum absolute atomic E-state index is 0.193. The summed E-state index contributed by atoms with van der Waals surface area (Å²) < 4.78 is 5.25. The summed E-state index contributed by atoms with van der Waals surface area (Å²) in [5.41, 5.74) is 1.75. The highest BCUT2D eigenvalue weighted by Gasteiger charge is 2.16. The molecule has 6 nitrogen and oxygen atoms in total. The van der Waals surface area contributed by atoms with E-state index in [0.29, 0.717) is 28.4 Å². The van der Waals surface area contributed by atoms with Crippen LogP contribution in [0.1, 0.15) is 35.3 Å². The topological polar surface area (TPSA) is 79.5 Å². The van der Waals surface area contributed by atoms with Crippen molar-refractivity contribution in [1.82, 2.24) is 10.6 Å². The van der Waals surface area contributed by atoms with Gasteiger partial charge in [0.25, 0.3) is 5.91 Å². The molecule has 2 aromatic rings. The highest BCUT2D eigenvalue weighted by Crippen LogP contribution is 2.26. The van der Waals surface area contributed by atoms with Crippen LogP contribution in [-0.2, 0) is 0 Å². The monoisotopic (exact) mass is 375 g/mol. The lowest BCUT2D eigenvalue weighted by Crippen LogP contribution is -2.32. The lowest BCUT2D eigenvalue weighted by molar-refractivity contribution is 0.0963. The Morgan fingerprint density at radius 1 is 1.19 bits per heavy atom. The van der Waals surface area contributed by atoms with Crippen LogP contribution in [0.2, 0.25) is 5.02 Å². The summed E-state index contributed by atoms with van der Waals surface area (Å²) in [5.74, 6) is 0.213. The van der Waals surface area contributed by atoms with Crippen LogP contribution in [0.4, 0.5) is 10.5 Å². The first-order valence-electron chi connectivity index (χ1n) is 8.21. The Labute approximate surface area is 157 Å². The van der Waals surface area contributed by atoms with Gasteiger partial charge in [-0.05, 0) is 42.3 Å². The molecule has 0 bridgehead atoms. The first kappa shape index (κ1) is 19.6. The third kappa shape index (κ3) is 4.89. The fourth-order valence-corrected chi connectivity index (χ4v) is 2.75. The Morgan fingerprint density at radius 3 is 2.58 bits per heavy atom. The van der Waals surface area contributed by atoms with Crippen LogP contribution in [0.3, 0.4) is 0 Å². The fraction of sp³-hybridized carbons (Fsp3) is 0.263. The predicted molar refractivity (Wildman–Crippen MR) is 103 cm³/mol. The largest absolute Gasteiger partial charge is 0.495 e. The number of benzene rings is 2. The van der Waals surface area contributed by atoms with Gasteiger partial charge in [-0.15, -0.1) is 0 Å². The van der Waals surface area contributed by atoms with Gasteiger partial charge in [0.15, 0.2) is 0 Å². The molecule has 0 fully saturated rings. The number of hydrogen-bond donors (Lipinski definition) is 3. The van der Waals surface area contributed by atoms with Crippen LogP contribution >= 0.6 is 11.6 Å². The molecule has 0 spiro atoms. The Hall–Kier alpha value is -2.73. The van der Waals surface area contributed by atoms with Gasteiger partial charge in [-0.3, -0.25) is 4.79 Å². The Kier molecular flexibility index (Phi) is 6.86. The number of anilines is 1. The Balaban J connectivity index is 2.16. The van der Waals surface area contributed by atoms with E-state index in [1.165, 1.54) is 7.11 Å². The maximum absolute atomic E-state index is 12.4. The van der Waals surface area contributed by atoms with Crippen LogP contribution in [-0.4, -0.2) is 26.1 Å². The van der Waals surface area contributed by atoms with Crippen molar-refractivity contribution in [3.05, 3.63) is 58.6 Å². The molecule has 0 saturated heterocycles. The minimum Gasteiger partial charge on any atom is -0.495 e. The number of nitrogens with one attached hydrogen (secondary N) is 3. The molecule has 0 aliphatic rings. The predicted octanol–water partition coefficient (Wildman–Crippen LogP) is 3.98. The van der Waals surface area contributed by atoms with Crippen LogP contribution in [0.25, 0.3) is 0 Å². The molecule has 2 rings (SSSR count). The molecular weight excluding hydrogens is 354 g/mol. The minimum atomic E-state index is -0.399. The van der Waals surface area contributed by atoms with Crippen molar-refractivity contribution < 1.29 is 14.3 Å². The quantitative estimate of drug-likeness (QED) is 0.714. The third-order valence-corrected chi connectivity index (χ3v) is 4.14. The summed E-state index contributed by atoms with van der Waals surface area (Å²) in [5, 5.41) is 8.81. The van der Waals surface area contributed by atoms with E-state index in [1.807, 2.05) is 25.1 Å². The molecule has 1 atom stereocenters. The molecule has 2 aromatic carbocycles. The van der Waals surface area contributed by atoms with Gasteiger partial charge in [0.05, 0.1) is 18.8 Å². The second-order valence-corrected chi connectivity index (χ2v) is 6.04. The van der Waals surface area contributed by atoms with Crippen LogP contribution in [0, 0.1) is 0 Å². The van der Waals surface area contributed by atoms with Crippen molar-refractivity contribution >= 4 is 29.2 Å². The summed E-state index contributed by atoms with van der Waals surface area (Å²) in [4.78, 5) is 24.2. The number of rotatable bonds is 6. The molecule has 3 N–H and O–H groups in total. The van der Waals surface area contributed by atoms with Gasteiger partial charge in [0.1, 0.15) is 5.75 Å². The van der Waals surface area contributed by atoms with Gasteiger partial charge in [0, 0.05) is 17.6 Å². The number of urea groups is 1. The molecule has 0 heterocycles. The van der Waals surface area contributed by atoms with Crippen molar-refractivity contribution in [2.75, 3.05) is 19.5 Å². The number of hydrogen-bond acceptors (Lipinski definition) is 3. The molecule has 1 unspecified atom stereocenters. The zero-order valence-electron chi connectivity index (χ0n) is 14.9. The summed E-state index contributed by atoms with van der Waals surface area (Å²) >= 11 is 6.03. The molecule has 26 heavy (non-hydrogen) atoms. The molecule has 3 amide bonds. The van der Waals surface area contributed by atoms with Crippen molar-refractivity contribution in [3.63, 3.8) is 0 Å². The number of ether oxygens (including phenoxy) is 1. The van der Waals surface area contributed by atoms with Crippen LogP contribution in [0.15, 0.2) is 42.5 Å². The number of carbonyl (C=O) groups excluding carboxylic acids is 2. The smallest absolute Gasteiger partial charge is 0.319 e. The number of amides is 3. The molecule has 7 heteroatoms. The van der Waals surface area contributed by atoms with E-state index in [1.54, 1.807) is 31.3 Å². The van der Waals surface area contributed by atoms with E-state index < -0.39 is 6.03 Å². The summed E-state index contributed by atoms with van der Waals surface area (Å²) in [6.07, 6.45) is 0.698. The fourth-order valence-electron chi connectivity index (χ4n) is 2.55. The molecule has 0 radical (unpaired) electrons. The average Bonchev–Trinajstić information content (AvgIpc) is 2.65. The first-order valence-corrected chi connectivity index (χ1v) is 8.59. The van der Waals surface area contributed by atoms with Crippen molar-refractivity contribution in [1.29, 1.82) is 0 Å². The van der Waals surface area contributed by atoms with Gasteiger partial charge >= 0.3 is 6.03 Å². The summed E-state index contributed by atoms with van der Waals surface area (Å²) in [6.45, 7) is 1.97. The molecule has 0 aromatic heterocycles. The van der Waals surface area contributed by atoms with E-state index in [9.17, 15) is 9.59 Å².